The maximum absolute atomic E-state index is 10.8. The van der Waals surface area contributed by atoms with Crippen molar-refractivity contribution in [2.24, 2.45) is 5.73 Å². The molecule has 0 bridgehead atoms. The van der Waals surface area contributed by atoms with Gasteiger partial charge in [-0.15, -0.1) is 0 Å². The molecule has 2 atom stereocenters. The summed E-state index contributed by atoms with van der Waals surface area (Å²) in [7, 11) is 0. The van der Waals surface area contributed by atoms with Crippen molar-refractivity contribution in [1.29, 1.82) is 0 Å². The number of rotatable bonds is 3. The summed E-state index contributed by atoms with van der Waals surface area (Å²) in [6, 6.07) is 7.07. The molecule has 0 fully saturated rings. The van der Waals surface area contributed by atoms with E-state index in [0.717, 1.165) is 5.39 Å². The molecule has 5 heteroatoms. The lowest BCUT2D eigenvalue weighted by Crippen LogP contribution is -2.33. The van der Waals surface area contributed by atoms with Gasteiger partial charge >= 0.3 is 0 Å². The molecule has 0 aliphatic rings. The number of aliphatic hydroxyl groups excluding tert-OH is 2. The Balaban J connectivity index is 2.46. The number of nitrogens with one attached hydrogen (secondary N) is 1. The topological polar surface area (TPSA) is 99.3 Å². The van der Waals surface area contributed by atoms with Gasteiger partial charge in [-0.3, -0.25) is 4.79 Å². The van der Waals surface area contributed by atoms with Crippen molar-refractivity contribution in [1.82, 2.24) is 4.98 Å². The molecule has 0 aliphatic carbocycles. The zero-order chi connectivity index (χ0) is 11.7. The van der Waals surface area contributed by atoms with Gasteiger partial charge in [-0.2, -0.15) is 0 Å². The van der Waals surface area contributed by atoms with Crippen LogP contribution >= 0.6 is 0 Å². The largest absolute Gasteiger partial charge is 0.385 e. The molecule has 0 saturated carbocycles. The zero-order valence-corrected chi connectivity index (χ0v) is 8.42. The Morgan fingerprint density at radius 2 is 2.06 bits per heavy atom. The highest BCUT2D eigenvalue weighted by molar-refractivity contribution is 5.85. The minimum absolute atomic E-state index is 0.453. The van der Waals surface area contributed by atoms with Gasteiger partial charge in [0.2, 0.25) is 5.91 Å². The molecule has 1 heterocycles. The minimum atomic E-state index is -1.60. The minimum Gasteiger partial charge on any atom is -0.385 e. The number of primary amides is 1. The fraction of sp³-hybridized carbons (Fsp3) is 0.182. The number of fused-ring (bicyclic) bond motifs is 1. The number of H-pyrrole nitrogens is 1. The number of carbonyl (C=O) groups is 1. The zero-order valence-electron chi connectivity index (χ0n) is 8.42. The van der Waals surface area contributed by atoms with Gasteiger partial charge in [0.15, 0.2) is 6.10 Å². The molecule has 0 spiro atoms. The molecular weight excluding hydrogens is 208 g/mol. The number of hydrogen-bond donors (Lipinski definition) is 4. The summed E-state index contributed by atoms with van der Waals surface area (Å²) in [6.45, 7) is 0. The van der Waals surface area contributed by atoms with Crippen molar-refractivity contribution in [3.05, 3.63) is 36.0 Å². The van der Waals surface area contributed by atoms with E-state index in [9.17, 15) is 15.0 Å². The first-order valence-electron chi connectivity index (χ1n) is 4.82. The Morgan fingerprint density at radius 3 is 2.75 bits per heavy atom. The Hall–Kier alpha value is -1.85. The second kappa shape index (κ2) is 3.96. The summed E-state index contributed by atoms with van der Waals surface area (Å²) in [4.78, 5) is 13.7. The van der Waals surface area contributed by atoms with Crippen LogP contribution in [0.15, 0.2) is 30.5 Å². The van der Waals surface area contributed by atoms with E-state index >= 15 is 0 Å². The van der Waals surface area contributed by atoms with E-state index in [-0.39, 0.29) is 0 Å². The average Bonchev–Trinajstić information content (AvgIpc) is 2.74. The Labute approximate surface area is 91.5 Å². The molecule has 0 aliphatic heterocycles. The third-order valence-electron chi connectivity index (χ3n) is 2.53. The molecule has 5 nitrogen and oxygen atoms in total. The number of aromatic nitrogens is 1. The number of aromatic amines is 1. The van der Waals surface area contributed by atoms with Crippen LogP contribution in [0.25, 0.3) is 10.9 Å². The van der Waals surface area contributed by atoms with Crippen LogP contribution in [0.5, 0.6) is 0 Å². The second-order valence-corrected chi connectivity index (χ2v) is 3.58. The van der Waals surface area contributed by atoms with Crippen LogP contribution in [-0.4, -0.2) is 27.2 Å². The lowest BCUT2D eigenvalue weighted by Gasteiger charge is -2.15. The summed E-state index contributed by atoms with van der Waals surface area (Å²) in [6.07, 6.45) is -1.20. The lowest BCUT2D eigenvalue weighted by atomic mass is 10.0. The van der Waals surface area contributed by atoms with Gasteiger partial charge in [0, 0.05) is 11.8 Å². The molecule has 2 rings (SSSR count). The Kier molecular flexibility index (Phi) is 2.64. The molecule has 2 aromatic rings. The van der Waals surface area contributed by atoms with Crippen LogP contribution in [0.2, 0.25) is 0 Å². The SMILES string of the molecule is NC(=O)C(O)C(O)c1cccc2cc[nH]c12. The highest BCUT2D eigenvalue weighted by Crippen LogP contribution is 2.25. The molecule has 2 unspecified atom stereocenters. The summed E-state index contributed by atoms with van der Waals surface area (Å²) in [5.74, 6) is -0.948. The molecule has 16 heavy (non-hydrogen) atoms. The Morgan fingerprint density at radius 1 is 1.31 bits per heavy atom. The van der Waals surface area contributed by atoms with E-state index in [1.54, 1.807) is 18.3 Å². The van der Waals surface area contributed by atoms with Crippen LogP contribution in [0.1, 0.15) is 11.7 Å². The lowest BCUT2D eigenvalue weighted by molar-refractivity contribution is -0.131. The first-order chi connectivity index (χ1) is 7.61. The second-order valence-electron chi connectivity index (χ2n) is 3.58. The fourth-order valence-corrected chi connectivity index (χ4v) is 1.68. The molecule has 5 N–H and O–H groups in total. The van der Waals surface area contributed by atoms with Gasteiger partial charge < -0.3 is 20.9 Å². The average molecular weight is 220 g/mol. The van der Waals surface area contributed by atoms with Gasteiger partial charge in [0.05, 0.1) is 5.52 Å². The van der Waals surface area contributed by atoms with Gasteiger partial charge in [0.25, 0.3) is 0 Å². The maximum atomic E-state index is 10.8. The first-order valence-corrected chi connectivity index (χ1v) is 4.82. The number of carbonyl (C=O) groups excluding carboxylic acids is 1. The molecule has 1 amide bonds. The van der Waals surface area contributed by atoms with Gasteiger partial charge in [-0.25, -0.2) is 0 Å². The number of para-hydroxylation sites is 1. The first kappa shape index (κ1) is 10.7. The standard InChI is InChI=1S/C11H12N2O3/c12-11(16)10(15)9(14)7-3-1-2-6-4-5-13-8(6)7/h1-5,9-10,13-15H,(H2,12,16). The summed E-state index contributed by atoms with van der Waals surface area (Å²) < 4.78 is 0. The van der Waals surface area contributed by atoms with Gasteiger partial charge in [0.1, 0.15) is 6.10 Å². The van der Waals surface area contributed by atoms with E-state index in [0.29, 0.717) is 11.1 Å². The van der Waals surface area contributed by atoms with Gasteiger partial charge in [-0.05, 0) is 11.5 Å². The number of amides is 1. The van der Waals surface area contributed by atoms with Crippen LogP contribution in [0.3, 0.4) is 0 Å². The van der Waals surface area contributed by atoms with E-state index in [2.05, 4.69) is 4.98 Å². The van der Waals surface area contributed by atoms with E-state index in [4.69, 9.17) is 5.73 Å². The predicted octanol–water partition coefficient (Wildman–Crippen LogP) is 0.0475. The van der Waals surface area contributed by atoms with Crippen molar-refractivity contribution in [2.45, 2.75) is 12.2 Å². The third kappa shape index (κ3) is 1.66. The van der Waals surface area contributed by atoms with E-state index < -0.39 is 18.1 Å². The van der Waals surface area contributed by atoms with Crippen molar-refractivity contribution in [2.75, 3.05) is 0 Å². The van der Waals surface area contributed by atoms with E-state index in [1.165, 1.54) is 0 Å². The molecule has 84 valence electrons. The maximum Gasteiger partial charge on any atom is 0.249 e. The smallest absolute Gasteiger partial charge is 0.249 e. The third-order valence-corrected chi connectivity index (χ3v) is 2.53. The van der Waals surface area contributed by atoms with Crippen molar-refractivity contribution < 1.29 is 15.0 Å². The van der Waals surface area contributed by atoms with Crippen molar-refractivity contribution >= 4 is 16.8 Å². The molecule has 0 radical (unpaired) electrons. The summed E-state index contributed by atoms with van der Waals surface area (Å²) >= 11 is 0. The van der Waals surface area contributed by atoms with E-state index in [1.807, 2.05) is 12.1 Å². The molecule has 0 saturated heterocycles. The van der Waals surface area contributed by atoms with Crippen LogP contribution in [0.4, 0.5) is 0 Å². The highest BCUT2D eigenvalue weighted by atomic mass is 16.3. The Bertz CT molecular complexity index is 521. The van der Waals surface area contributed by atoms with Crippen molar-refractivity contribution in [3.63, 3.8) is 0 Å². The number of benzene rings is 1. The number of hydrogen-bond acceptors (Lipinski definition) is 3. The van der Waals surface area contributed by atoms with Crippen LogP contribution < -0.4 is 5.73 Å². The van der Waals surface area contributed by atoms with Crippen LogP contribution in [0, 0.1) is 0 Å². The van der Waals surface area contributed by atoms with Gasteiger partial charge in [-0.1, -0.05) is 18.2 Å². The van der Waals surface area contributed by atoms with Crippen molar-refractivity contribution in [3.8, 4) is 0 Å². The molecular formula is C11H12N2O3. The summed E-state index contributed by atoms with van der Waals surface area (Å²) in [5.41, 5.74) is 6.08. The summed E-state index contributed by atoms with van der Waals surface area (Å²) in [5, 5.41) is 20.1. The number of nitrogens with two attached hydrogens (primary N) is 1. The quantitative estimate of drug-likeness (QED) is 0.588. The molecule has 1 aromatic carbocycles. The number of aliphatic hydroxyl groups is 2. The monoisotopic (exact) mass is 220 g/mol. The van der Waals surface area contributed by atoms with Crippen LogP contribution in [-0.2, 0) is 4.79 Å². The normalized spacial score (nSPS) is 14.9. The predicted molar refractivity (Wildman–Crippen MR) is 58.5 cm³/mol. The highest BCUT2D eigenvalue weighted by Gasteiger charge is 2.24. The fourth-order valence-electron chi connectivity index (χ4n) is 1.68. The molecule has 1 aromatic heterocycles.